The molecule has 0 saturated heterocycles. The largest absolute Gasteiger partial charge is 0.454 e. The van der Waals surface area contributed by atoms with E-state index < -0.39 is 47.3 Å². The number of nitro groups is 1. The van der Waals surface area contributed by atoms with E-state index in [0.717, 1.165) is 27.1 Å². The molecule has 0 aliphatic heterocycles. The summed E-state index contributed by atoms with van der Waals surface area (Å²) in [4.78, 5) is 59.8. The average molecular weight is 605 g/mol. The first-order valence-electron chi connectivity index (χ1n) is 9.85. The Morgan fingerprint density at radius 3 is 1.37 bits per heavy atom. The maximum absolute atomic E-state index is 12.4. The highest BCUT2D eigenvalue weighted by molar-refractivity contribution is 9.10. The summed E-state index contributed by atoms with van der Waals surface area (Å²) in [5.74, 6) is -3.05. The van der Waals surface area contributed by atoms with Crippen LogP contribution in [0.3, 0.4) is 0 Å². The minimum atomic E-state index is -1.04. The van der Waals surface area contributed by atoms with Gasteiger partial charge in [-0.3, -0.25) is 19.7 Å². The number of benzene rings is 3. The highest BCUT2D eigenvalue weighted by Gasteiger charge is 2.21. The zero-order valence-corrected chi connectivity index (χ0v) is 20.9. The third kappa shape index (κ3) is 7.14. The normalized spacial score (nSPS) is 10.3. The number of ether oxygens (including phenoxy) is 2. The molecule has 0 aliphatic carbocycles. The van der Waals surface area contributed by atoms with Crippen molar-refractivity contribution in [1.82, 2.24) is 0 Å². The minimum Gasteiger partial charge on any atom is -0.454 e. The predicted octanol–water partition coefficient (Wildman–Crippen LogP) is 5.20. The van der Waals surface area contributed by atoms with Crippen LogP contribution in [0.25, 0.3) is 0 Å². The zero-order chi connectivity index (χ0) is 25.5. The van der Waals surface area contributed by atoms with Crippen molar-refractivity contribution in [1.29, 1.82) is 0 Å². The van der Waals surface area contributed by atoms with Gasteiger partial charge in [0, 0.05) is 32.2 Å². The molecule has 0 heterocycles. The SMILES string of the molecule is O=C(COC(=O)c1cc(C(=O)OCC(=O)c2ccc(Br)cc2)cc([N+](=O)[O-])c1)c1ccc(Br)cc1. The number of nitro benzene ring substituents is 1. The first kappa shape index (κ1) is 25.9. The Balaban J connectivity index is 1.70. The highest BCUT2D eigenvalue weighted by Crippen LogP contribution is 2.20. The maximum atomic E-state index is 12.4. The lowest BCUT2D eigenvalue weighted by atomic mass is 10.1. The van der Waals surface area contributed by atoms with E-state index in [1.54, 1.807) is 24.3 Å². The van der Waals surface area contributed by atoms with Crippen molar-refractivity contribution in [2.75, 3.05) is 13.2 Å². The molecule has 0 unspecified atom stereocenters. The highest BCUT2D eigenvalue weighted by atomic mass is 79.9. The molecule has 9 nitrogen and oxygen atoms in total. The summed E-state index contributed by atoms with van der Waals surface area (Å²) >= 11 is 6.50. The standard InChI is InChI=1S/C24H15Br2NO8/c25-18-5-1-14(2-6-18)21(28)12-34-23(30)16-9-17(11-20(10-16)27(32)33)24(31)35-13-22(29)15-3-7-19(26)8-4-15/h1-11H,12-13H2. The first-order valence-corrected chi connectivity index (χ1v) is 11.4. The topological polar surface area (TPSA) is 130 Å². The molecule has 0 aromatic heterocycles. The van der Waals surface area contributed by atoms with Crippen LogP contribution >= 0.6 is 31.9 Å². The van der Waals surface area contributed by atoms with Crippen LogP contribution in [0, 0.1) is 10.1 Å². The molecular formula is C24H15Br2NO8. The fraction of sp³-hybridized carbons (Fsp3) is 0.0833. The van der Waals surface area contributed by atoms with Crippen LogP contribution < -0.4 is 0 Å². The van der Waals surface area contributed by atoms with Gasteiger partial charge in [-0.25, -0.2) is 9.59 Å². The number of esters is 2. The van der Waals surface area contributed by atoms with Crippen LogP contribution in [-0.4, -0.2) is 41.6 Å². The maximum Gasteiger partial charge on any atom is 0.338 e. The fourth-order valence-electron chi connectivity index (χ4n) is 2.82. The average Bonchev–Trinajstić information content (AvgIpc) is 2.85. The lowest BCUT2D eigenvalue weighted by Gasteiger charge is -2.08. The van der Waals surface area contributed by atoms with Gasteiger partial charge >= 0.3 is 11.9 Å². The number of non-ortho nitro benzene ring substituents is 1. The molecule has 35 heavy (non-hydrogen) atoms. The van der Waals surface area contributed by atoms with Crippen molar-refractivity contribution in [3.05, 3.63) is 108 Å². The Hall–Kier alpha value is -3.70. The van der Waals surface area contributed by atoms with E-state index in [-0.39, 0.29) is 11.1 Å². The van der Waals surface area contributed by atoms with Gasteiger partial charge in [-0.1, -0.05) is 56.1 Å². The van der Waals surface area contributed by atoms with Gasteiger partial charge in [0.15, 0.2) is 24.8 Å². The Labute approximate surface area is 215 Å². The molecule has 0 amide bonds. The van der Waals surface area contributed by atoms with Crippen molar-refractivity contribution in [3.63, 3.8) is 0 Å². The number of ketones is 2. The smallest absolute Gasteiger partial charge is 0.338 e. The molecule has 3 aromatic rings. The molecule has 11 heteroatoms. The number of Topliss-reactive ketones (excluding diaryl/α,β-unsaturated/α-hetero) is 2. The van der Waals surface area contributed by atoms with Gasteiger partial charge in [0.25, 0.3) is 5.69 Å². The molecule has 0 fully saturated rings. The van der Waals surface area contributed by atoms with Gasteiger partial charge in [-0.15, -0.1) is 0 Å². The Bertz CT molecular complexity index is 1210. The first-order chi connectivity index (χ1) is 16.6. The second-order valence-corrected chi connectivity index (χ2v) is 8.87. The van der Waals surface area contributed by atoms with Crippen molar-refractivity contribution in [3.8, 4) is 0 Å². The molecule has 3 aromatic carbocycles. The van der Waals surface area contributed by atoms with Gasteiger partial charge in [0.05, 0.1) is 16.1 Å². The second-order valence-electron chi connectivity index (χ2n) is 7.04. The summed E-state index contributed by atoms with van der Waals surface area (Å²) in [6.45, 7) is -1.21. The van der Waals surface area contributed by atoms with Crippen molar-refractivity contribution >= 4 is 61.1 Å². The summed E-state index contributed by atoms with van der Waals surface area (Å²) in [7, 11) is 0. The number of nitrogens with zero attached hydrogens (tertiary/aromatic N) is 1. The fourth-order valence-corrected chi connectivity index (χ4v) is 3.35. The quantitative estimate of drug-likeness (QED) is 0.141. The van der Waals surface area contributed by atoms with E-state index in [1.807, 2.05) is 0 Å². The van der Waals surface area contributed by atoms with Gasteiger partial charge < -0.3 is 9.47 Å². The van der Waals surface area contributed by atoms with E-state index in [4.69, 9.17) is 9.47 Å². The van der Waals surface area contributed by atoms with Crippen molar-refractivity contribution in [2.45, 2.75) is 0 Å². The molecule has 0 atom stereocenters. The second kappa shape index (κ2) is 11.6. The van der Waals surface area contributed by atoms with Gasteiger partial charge in [0.2, 0.25) is 0 Å². The van der Waals surface area contributed by atoms with Crippen molar-refractivity contribution < 1.29 is 33.6 Å². The Morgan fingerprint density at radius 2 is 1.03 bits per heavy atom. The Morgan fingerprint density at radius 1 is 0.657 bits per heavy atom. The lowest BCUT2D eigenvalue weighted by molar-refractivity contribution is -0.384. The van der Waals surface area contributed by atoms with Gasteiger partial charge in [0.1, 0.15) is 0 Å². The number of carbonyl (C=O) groups excluding carboxylic acids is 4. The molecule has 0 radical (unpaired) electrons. The molecule has 0 N–H and O–H groups in total. The summed E-state index contributed by atoms with van der Waals surface area (Å²) in [6, 6.07) is 15.6. The van der Waals surface area contributed by atoms with E-state index in [9.17, 15) is 29.3 Å². The molecule has 0 spiro atoms. The number of hydrogen-bond donors (Lipinski definition) is 0. The third-order valence-corrected chi connectivity index (χ3v) is 5.66. The summed E-state index contributed by atoms with van der Waals surface area (Å²) in [5.41, 5.74) is -0.604. The van der Waals surface area contributed by atoms with Crippen LogP contribution in [0.2, 0.25) is 0 Å². The molecule has 0 bridgehead atoms. The van der Waals surface area contributed by atoms with Crippen LogP contribution in [-0.2, 0) is 9.47 Å². The van der Waals surface area contributed by atoms with Crippen LogP contribution in [0.15, 0.2) is 75.7 Å². The van der Waals surface area contributed by atoms with Gasteiger partial charge in [-0.2, -0.15) is 0 Å². The summed E-state index contributed by atoms with van der Waals surface area (Å²) in [6.07, 6.45) is 0. The van der Waals surface area contributed by atoms with Crippen molar-refractivity contribution in [2.24, 2.45) is 0 Å². The predicted molar refractivity (Wildman–Crippen MR) is 131 cm³/mol. The molecule has 3 rings (SSSR count). The van der Waals surface area contributed by atoms with E-state index in [1.165, 1.54) is 24.3 Å². The van der Waals surface area contributed by atoms with Crippen LogP contribution in [0.1, 0.15) is 41.4 Å². The molecule has 0 saturated carbocycles. The summed E-state index contributed by atoms with van der Waals surface area (Å²) < 4.78 is 11.5. The Kier molecular flexibility index (Phi) is 8.61. The molecular weight excluding hydrogens is 590 g/mol. The number of carbonyl (C=O) groups is 4. The minimum absolute atomic E-state index is 0.305. The van der Waals surface area contributed by atoms with Crippen LogP contribution in [0.4, 0.5) is 5.69 Å². The van der Waals surface area contributed by atoms with E-state index >= 15 is 0 Å². The number of halogens is 2. The van der Waals surface area contributed by atoms with Gasteiger partial charge in [-0.05, 0) is 30.3 Å². The summed E-state index contributed by atoms with van der Waals surface area (Å²) in [5, 5.41) is 11.3. The monoisotopic (exact) mass is 603 g/mol. The number of hydrogen-bond acceptors (Lipinski definition) is 8. The molecule has 178 valence electrons. The lowest BCUT2D eigenvalue weighted by Crippen LogP contribution is -2.17. The number of rotatable bonds is 9. The van der Waals surface area contributed by atoms with Crippen LogP contribution in [0.5, 0.6) is 0 Å². The third-order valence-electron chi connectivity index (χ3n) is 4.60. The zero-order valence-electron chi connectivity index (χ0n) is 17.7. The van der Waals surface area contributed by atoms with E-state index in [0.29, 0.717) is 11.1 Å². The van der Waals surface area contributed by atoms with E-state index in [2.05, 4.69) is 31.9 Å². The molecule has 0 aliphatic rings.